The minimum atomic E-state index is -1.13. The summed E-state index contributed by atoms with van der Waals surface area (Å²) < 4.78 is 0. The molecular weight excluding hydrogens is 324 g/mol. The second-order valence-corrected chi connectivity index (χ2v) is 7.92. The number of nitrogens with zero attached hydrogens (tertiary/aromatic N) is 1. The zero-order valence-electron chi connectivity index (χ0n) is 15.2. The van der Waals surface area contributed by atoms with Gasteiger partial charge >= 0.3 is 0 Å². The van der Waals surface area contributed by atoms with Crippen LogP contribution < -0.4 is 5.32 Å². The lowest BCUT2D eigenvalue weighted by molar-refractivity contribution is -0.147. The van der Waals surface area contributed by atoms with Gasteiger partial charge in [0, 0.05) is 13.1 Å². The van der Waals surface area contributed by atoms with Crippen molar-refractivity contribution < 1.29 is 9.59 Å². The number of aryl methyl sites for hydroxylation is 2. The molecule has 1 unspecified atom stereocenters. The smallest absolute Gasteiger partial charge is 0.239 e. The van der Waals surface area contributed by atoms with Gasteiger partial charge in [-0.15, -0.1) is 0 Å². The predicted molar refractivity (Wildman–Crippen MR) is 98.3 cm³/mol. The average Bonchev–Trinajstić information content (AvgIpc) is 2.49. The zero-order valence-corrected chi connectivity index (χ0v) is 16.0. The van der Waals surface area contributed by atoms with Crippen LogP contribution in [0.15, 0.2) is 12.1 Å². The van der Waals surface area contributed by atoms with Crippen molar-refractivity contribution in [2.75, 3.05) is 18.4 Å². The molecule has 1 aliphatic rings. The van der Waals surface area contributed by atoms with Crippen molar-refractivity contribution in [3.63, 3.8) is 0 Å². The third kappa shape index (κ3) is 3.92. The molecule has 1 atom stereocenters. The Morgan fingerprint density at radius 1 is 1.29 bits per heavy atom. The number of carbonyl (C=O) groups is 2. The van der Waals surface area contributed by atoms with E-state index in [2.05, 4.69) is 12.2 Å². The Hall–Kier alpha value is -1.55. The molecule has 0 aromatic heterocycles. The summed E-state index contributed by atoms with van der Waals surface area (Å²) in [5.41, 5.74) is 1.38. The van der Waals surface area contributed by atoms with E-state index in [0.717, 1.165) is 37.1 Å². The lowest BCUT2D eigenvalue weighted by Gasteiger charge is -2.36. The van der Waals surface area contributed by atoms with Crippen LogP contribution in [0.3, 0.4) is 0 Å². The fraction of sp³-hybridized carbons (Fsp3) is 0.579. The predicted octanol–water partition coefficient (Wildman–Crippen LogP) is 4.18. The number of hydrogen-bond donors (Lipinski definition) is 1. The number of halogens is 1. The zero-order chi connectivity index (χ0) is 18.1. The van der Waals surface area contributed by atoms with Crippen molar-refractivity contribution in [3.05, 3.63) is 28.3 Å². The van der Waals surface area contributed by atoms with Crippen LogP contribution >= 0.6 is 11.6 Å². The molecule has 1 N–H and O–H groups in total. The fourth-order valence-corrected chi connectivity index (χ4v) is 3.58. The third-order valence-electron chi connectivity index (χ3n) is 4.72. The van der Waals surface area contributed by atoms with Crippen molar-refractivity contribution in [1.82, 2.24) is 4.90 Å². The number of piperidine rings is 1. The number of likely N-dealkylation sites (tertiary alicyclic amines) is 1. The molecule has 1 fully saturated rings. The van der Waals surface area contributed by atoms with E-state index in [1.54, 1.807) is 13.8 Å². The van der Waals surface area contributed by atoms with Gasteiger partial charge in [0.2, 0.25) is 11.8 Å². The minimum Gasteiger partial charge on any atom is -0.342 e. The molecule has 1 saturated heterocycles. The van der Waals surface area contributed by atoms with Crippen molar-refractivity contribution in [2.45, 2.75) is 47.5 Å². The highest BCUT2D eigenvalue weighted by atomic mass is 35.5. The molecule has 2 rings (SSSR count). The highest BCUT2D eigenvalue weighted by Gasteiger charge is 2.40. The van der Waals surface area contributed by atoms with Crippen LogP contribution in [-0.2, 0) is 9.59 Å². The summed E-state index contributed by atoms with van der Waals surface area (Å²) in [6.45, 7) is 10.8. The molecule has 1 aliphatic heterocycles. The normalized spacial score (nSPS) is 18.4. The van der Waals surface area contributed by atoms with Crippen molar-refractivity contribution in [1.29, 1.82) is 0 Å². The average molecular weight is 351 g/mol. The van der Waals surface area contributed by atoms with Crippen LogP contribution in [-0.4, -0.2) is 29.8 Å². The van der Waals surface area contributed by atoms with Crippen molar-refractivity contribution in [3.8, 4) is 0 Å². The minimum absolute atomic E-state index is 0.118. The first-order chi connectivity index (χ1) is 11.1. The van der Waals surface area contributed by atoms with Crippen LogP contribution in [0.1, 0.15) is 44.7 Å². The molecule has 1 heterocycles. The van der Waals surface area contributed by atoms with Gasteiger partial charge < -0.3 is 10.2 Å². The fourth-order valence-electron chi connectivity index (χ4n) is 3.21. The van der Waals surface area contributed by atoms with Crippen LogP contribution in [0, 0.1) is 25.2 Å². The van der Waals surface area contributed by atoms with E-state index in [-0.39, 0.29) is 11.8 Å². The third-order valence-corrected chi connectivity index (χ3v) is 5.01. The molecule has 0 aliphatic carbocycles. The largest absolute Gasteiger partial charge is 0.342 e. The molecule has 0 spiro atoms. The van der Waals surface area contributed by atoms with Gasteiger partial charge in [0.05, 0.1) is 10.7 Å². The van der Waals surface area contributed by atoms with Gasteiger partial charge in [-0.05, 0) is 63.6 Å². The Labute approximate surface area is 149 Å². The van der Waals surface area contributed by atoms with Crippen molar-refractivity contribution in [2.24, 2.45) is 11.3 Å². The monoisotopic (exact) mass is 350 g/mol. The van der Waals surface area contributed by atoms with Crippen LogP contribution in [0.4, 0.5) is 5.69 Å². The highest BCUT2D eigenvalue weighted by molar-refractivity contribution is 6.34. The lowest BCUT2D eigenvalue weighted by Crippen LogP contribution is -2.50. The van der Waals surface area contributed by atoms with Gasteiger partial charge in [0.1, 0.15) is 5.41 Å². The number of carbonyl (C=O) groups excluding carboxylic acids is 2. The lowest BCUT2D eigenvalue weighted by atomic mass is 9.88. The molecule has 1 aromatic carbocycles. The second-order valence-electron chi connectivity index (χ2n) is 7.52. The number of benzene rings is 1. The Morgan fingerprint density at radius 2 is 1.96 bits per heavy atom. The van der Waals surface area contributed by atoms with E-state index >= 15 is 0 Å². The molecule has 132 valence electrons. The molecule has 24 heavy (non-hydrogen) atoms. The summed E-state index contributed by atoms with van der Waals surface area (Å²) in [4.78, 5) is 27.4. The molecule has 0 radical (unpaired) electrons. The first kappa shape index (κ1) is 18.8. The molecular formula is C19H27ClN2O2. The van der Waals surface area contributed by atoms with E-state index in [0.29, 0.717) is 16.6 Å². The first-order valence-corrected chi connectivity index (χ1v) is 8.88. The second kappa shape index (κ2) is 7.14. The number of rotatable bonds is 3. The summed E-state index contributed by atoms with van der Waals surface area (Å²) in [6, 6.07) is 3.77. The quantitative estimate of drug-likeness (QED) is 0.831. The van der Waals surface area contributed by atoms with E-state index < -0.39 is 5.41 Å². The maximum atomic E-state index is 12.9. The molecule has 5 heteroatoms. The first-order valence-electron chi connectivity index (χ1n) is 8.50. The molecule has 0 bridgehead atoms. The highest BCUT2D eigenvalue weighted by Crippen LogP contribution is 2.30. The van der Waals surface area contributed by atoms with E-state index in [1.165, 1.54) is 0 Å². The van der Waals surface area contributed by atoms with Gasteiger partial charge in [0.15, 0.2) is 0 Å². The number of amides is 2. The molecule has 4 nitrogen and oxygen atoms in total. The van der Waals surface area contributed by atoms with Gasteiger partial charge in [-0.25, -0.2) is 0 Å². The SMILES string of the molecule is Cc1cc(C)c(NC(=O)C(C)(C)C(=O)N2CCCC(C)C2)c(Cl)c1. The Bertz CT molecular complexity index is 632. The number of nitrogens with one attached hydrogen (secondary N) is 1. The standard InChI is InChI=1S/C19H27ClN2O2/c1-12-7-6-8-22(11-12)18(24)19(4,5)17(23)21-16-14(3)9-13(2)10-15(16)20/h9-10,12H,6-8,11H2,1-5H3,(H,21,23). The summed E-state index contributed by atoms with van der Waals surface area (Å²) in [5, 5.41) is 3.35. The van der Waals surface area contributed by atoms with Gasteiger partial charge in [-0.3, -0.25) is 9.59 Å². The Kier molecular flexibility index (Phi) is 5.59. The number of anilines is 1. The Balaban J connectivity index is 2.17. The van der Waals surface area contributed by atoms with Gasteiger partial charge in [-0.2, -0.15) is 0 Å². The van der Waals surface area contributed by atoms with Crippen LogP contribution in [0.25, 0.3) is 0 Å². The Morgan fingerprint density at radius 3 is 2.54 bits per heavy atom. The maximum Gasteiger partial charge on any atom is 0.239 e. The van der Waals surface area contributed by atoms with E-state index in [9.17, 15) is 9.59 Å². The summed E-state index contributed by atoms with van der Waals surface area (Å²) in [5.74, 6) is 0.0439. The topological polar surface area (TPSA) is 49.4 Å². The molecule has 2 amide bonds. The maximum absolute atomic E-state index is 12.9. The summed E-state index contributed by atoms with van der Waals surface area (Å²) in [7, 11) is 0. The number of hydrogen-bond acceptors (Lipinski definition) is 2. The van der Waals surface area contributed by atoms with E-state index in [4.69, 9.17) is 11.6 Å². The summed E-state index contributed by atoms with van der Waals surface area (Å²) >= 11 is 6.27. The molecule has 1 aromatic rings. The van der Waals surface area contributed by atoms with Crippen LogP contribution in [0.2, 0.25) is 5.02 Å². The molecule has 0 saturated carbocycles. The van der Waals surface area contributed by atoms with E-state index in [1.807, 2.05) is 30.9 Å². The van der Waals surface area contributed by atoms with Crippen molar-refractivity contribution >= 4 is 29.1 Å². The van der Waals surface area contributed by atoms with Crippen LogP contribution in [0.5, 0.6) is 0 Å². The van der Waals surface area contributed by atoms with Gasteiger partial charge in [0.25, 0.3) is 0 Å². The van der Waals surface area contributed by atoms with Gasteiger partial charge in [-0.1, -0.05) is 24.6 Å². The summed E-state index contributed by atoms with van der Waals surface area (Å²) in [6.07, 6.45) is 2.13.